The molecule has 0 unspecified atom stereocenters. The molecular formula is C19H23N5O2. The van der Waals surface area contributed by atoms with E-state index in [1.54, 1.807) is 12.4 Å². The minimum Gasteiger partial charge on any atom is -0.490 e. The van der Waals surface area contributed by atoms with Gasteiger partial charge in [0.1, 0.15) is 18.5 Å². The van der Waals surface area contributed by atoms with Gasteiger partial charge in [0.2, 0.25) is 5.95 Å². The van der Waals surface area contributed by atoms with Crippen molar-refractivity contribution in [2.45, 2.75) is 6.10 Å². The Bertz CT molecular complexity index is 830. The van der Waals surface area contributed by atoms with Gasteiger partial charge in [-0.05, 0) is 24.3 Å². The summed E-state index contributed by atoms with van der Waals surface area (Å²) >= 11 is 0. The largest absolute Gasteiger partial charge is 0.490 e. The molecule has 1 saturated heterocycles. The third-order valence-corrected chi connectivity index (χ3v) is 4.66. The Morgan fingerprint density at radius 1 is 1.08 bits per heavy atom. The van der Waals surface area contributed by atoms with E-state index in [0.717, 1.165) is 48.8 Å². The van der Waals surface area contributed by atoms with E-state index >= 15 is 0 Å². The fourth-order valence-electron chi connectivity index (χ4n) is 3.30. The molecule has 0 spiro atoms. The van der Waals surface area contributed by atoms with E-state index in [1.165, 1.54) is 0 Å². The van der Waals surface area contributed by atoms with Gasteiger partial charge in [-0.2, -0.15) is 0 Å². The summed E-state index contributed by atoms with van der Waals surface area (Å²) in [5.41, 5.74) is 1.04. The number of H-pyrrole nitrogens is 1. The quantitative estimate of drug-likeness (QED) is 0.700. The zero-order chi connectivity index (χ0) is 17.8. The third kappa shape index (κ3) is 3.79. The fourth-order valence-corrected chi connectivity index (χ4v) is 3.30. The lowest BCUT2D eigenvalue weighted by molar-refractivity contribution is 0.0667. The Morgan fingerprint density at radius 3 is 2.69 bits per heavy atom. The van der Waals surface area contributed by atoms with Crippen LogP contribution < -0.4 is 9.64 Å². The second-order valence-electron chi connectivity index (χ2n) is 6.50. The van der Waals surface area contributed by atoms with Crippen LogP contribution in [0.3, 0.4) is 0 Å². The number of hydrogen-bond acceptors (Lipinski definition) is 6. The highest BCUT2D eigenvalue weighted by Gasteiger charge is 2.21. The Labute approximate surface area is 152 Å². The first kappa shape index (κ1) is 16.8. The summed E-state index contributed by atoms with van der Waals surface area (Å²) in [6, 6.07) is 9.70. The van der Waals surface area contributed by atoms with Crippen molar-refractivity contribution < 1.29 is 9.84 Å². The third-order valence-electron chi connectivity index (χ3n) is 4.66. The Balaban J connectivity index is 1.25. The van der Waals surface area contributed by atoms with Gasteiger partial charge in [-0.1, -0.05) is 6.07 Å². The normalized spacial score (nSPS) is 16.7. The number of ether oxygens (including phenoxy) is 1. The molecule has 2 aromatic heterocycles. The maximum Gasteiger partial charge on any atom is 0.225 e. The van der Waals surface area contributed by atoms with Gasteiger partial charge in [0.25, 0.3) is 0 Å². The van der Waals surface area contributed by atoms with Crippen LogP contribution in [0.15, 0.2) is 48.9 Å². The molecule has 0 radical (unpaired) electrons. The molecule has 1 aliphatic heterocycles. The first-order chi connectivity index (χ1) is 12.8. The molecule has 26 heavy (non-hydrogen) atoms. The highest BCUT2D eigenvalue weighted by atomic mass is 16.5. The van der Waals surface area contributed by atoms with Gasteiger partial charge in [-0.25, -0.2) is 9.97 Å². The predicted molar refractivity (Wildman–Crippen MR) is 100 cm³/mol. The smallest absolute Gasteiger partial charge is 0.225 e. The zero-order valence-corrected chi connectivity index (χ0v) is 14.6. The number of aliphatic hydroxyl groups is 1. The van der Waals surface area contributed by atoms with E-state index in [2.05, 4.69) is 24.8 Å². The number of rotatable bonds is 6. The van der Waals surface area contributed by atoms with E-state index in [1.807, 2.05) is 36.5 Å². The van der Waals surface area contributed by atoms with Crippen LogP contribution in [-0.2, 0) is 0 Å². The molecule has 0 saturated carbocycles. The molecule has 7 heteroatoms. The van der Waals surface area contributed by atoms with Crippen molar-refractivity contribution in [3.8, 4) is 5.75 Å². The molecule has 0 amide bonds. The molecule has 1 aliphatic rings. The molecule has 0 bridgehead atoms. The SMILES string of the molecule is O[C@H](COc1cccc2[nH]ccc12)CN1CCN(c2ncccn2)CC1. The van der Waals surface area contributed by atoms with Crippen LogP contribution in [0.25, 0.3) is 10.9 Å². The maximum atomic E-state index is 10.4. The van der Waals surface area contributed by atoms with Crippen LogP contribution in [0.4, 0.5) is 5.95 Å². The summed E-state index contributed by atoms with van der Waals surface area (Å²) in [6.07, 6.45) is 4.90. The number of aromatic amines is 1. The predicted octanol–water partition coefficient (Wildman–Crippen LogP) is 1.52. The lowest BCUT2D eigenvalue weighted by atomic mass is 10.2. The molecular weight excluding hydrogens is 330 g/mol. The van der Waals surface area contributed by atoms with Crippen LogP contribution >= 0.6 is 0 Å². The standard InChI is InChI=1S/C19H23N5O2/c25-15(14-26-18-4-1-3-17-16(18)5-8-20-17)13-23-9-11-24(12-10-23)19-21-6-2-7-22-19/h1-8,15,20,25H,9-14H2/t15-/m0/s1. The van der Waals surface area contributed by atoms with Crippen LogP contribution in [0.2, 0.25) is 0 Å². The first-order valence-corrected chi connectivity index (χ1v) is 8.91. The highest BCUT2D eigenvalue weighted by molar-refractivity contribution is 5.85. The Kier molecular flexibility index (Phi) is 4.99. The number of nitrogens with zero attached hydrogens (tertiary/aromatic N) is 4. The number of hydrogen-bond donors (Lipinski definition) is 2. The monoisotopic (exact) mass is 353 g/mol. The summed E-state index contributed by atoms with van der Waals surface area (Å²) in [4.78, 5) is 16.2. The number of β-amino-alcohol motifs (C(OH)–C–C–N with tert-alkyl or cyclic N) is 1. The molecule has 1 fully saturated rings. The van der Waals surface area contributed by atoms with Gasteiger partial charge in [-0.15, -0.1) is 0 Å². The minimum atomic E-state index is -0.524. The van der Waals surface area contributed by atoms with E-state index < -0.39 is 6.10 Å². The topological polar surface area (TPSA) is 77.5 Å². The van der Waals surface area contributed by atoms with Crippen LogP contribution in [0.5, 0.6) is 5.75 Å². The van der Waals surface area contributed by atoms with Crippen molar-refractivity contribution >= 4 is 16.9 Å². The summed E-state index contributed by atoms with van der Waals surface area (Å²) in [6.45, 7) is 4.37. The lowest BCUT2D eigenvalue weighted by Gasteiger charge is -2.35. The van der Waals surface area contributed by atoms with E-state index in [9.17, 15) is 5.11 Å². The number of fused-ring (bicyclic) bond motifs is 1. The Hall–Kier alpha value is -2.64. The lowest BCUT2D eigenvalue weighted by Crippen LogP contribution is -2.49. The van der Waals surface area contributed by atoms with Gasteiger partial charge >= 0.3 is 0 Å². The van der Waals surface area contributed by atoms with Crippen molar-refractivity contribution in [1.29, 1.82) is 0 Å². The number of aromatic nitrogens is 3. The fraction of sp³-hybridized carbons (Fsp3) is 0.368. The molecule has 0 aliphatic carbocycles. The summed E-state index contributed by atoms with van der Waals surface area (Å²) < 4.78 is 5.84. The number of nitrogens with one attached hydrogen (secondary N) is 1. The van der Waals surface area contributed by atoms with Crippen LogP contribution in [-0.4, -0.2) is 70.4 Å². The molecule has 1 aromatic carbocycles. The molecule has 136 valence electrons. The average molecular weight is 353 g/mol. The van der Waals surface area contributed by atoms with Crippen molar-refractivity contribution in [3.05, 3.63) is 48.9 Å². The van der Waals surface area contributed by atoms with Gasteiger partial charge in [0.15, 0.2) is 0 Å². The summed E-state index contributed by atoms with van der Waals surface area (Å²) in [7, 11) is 0. The summed E-state index contributed by atoms with van der Waals surface area (Å²) in [5, 5.41) is 11.4. The van der Waals surface area contributed by atoms with Crippen molar-refractivity contribution in [2.75, 3.05) is 44.2 Å². The van der Waals surface area contributed by atoms with E-state index in [4.69, 9.17) is 4.74 Å². The zero-order valence-electron chi connectivity index (χ0n) is 14.6. The number of benzene rings is 1. The summed E-state index contributed by atoms with van der Waals surface area (Å²) in [5.74, 6) is 1.57. The minimum absolute atomic E-state index is 0.284. The van der Waals surface area contributed by atoms with Crippen molar-refractivity contribution in [2.24, 2.45) is 0 Å². The number of aliphatic hydroxyl groups excluding tert-OH is 1. The molecule has 3 aromatic rings. The van der Waals surface area contributed by atoms with E-state index in [-0.39, 0.29) is 6.61 Å². The number of piperazine rings is 1. The van der Waals surface area contributed by atoms with Gasteiger partial charge in [0.05, 0.1) is 0 Å². The number of anilines is 1. The van der Waals surface area contributed by atoms with Crippen LogP contribution in [0.1, 0.15) is 0 Å². The van der Waals surface area contributed by atoms with Crippen molar-refractivity contribution in [1.82, 2.24) is 19.9 Å². The highest BCUT2D eigenvalue weighted by Crippen LogP contribution is 2.24. The van der Waals surface area contributed by atoms with E-state index in [0.29, 0.717) is 6.54 Å². The maximum absolute atomic E-state index is 10.4. The molecule has 4 rings (SSSR count). The Morgan fingerprint density at radius 2 is 1.88 bits per heavy atom. The van der Waals surface area contributed by atoms with Gasteiger partial charge < -0.3 is 19.7 Å². The van der Waals surface area contributed by atoms with Crippen LogP contribution in [0, 0.1) is 0 Å². The second-order valence-corrected chi connectivity index (χ2v) is 6.50. The van der Waals surface area contributed by atoms with Gasteiger partial charge in [0, 0.05) is 62.2 Å². The molecule has 2 N–H and O–H groups in total. The first-order valence-electron chi connectivity index (χ1n) is 8.91. The van der Waals surface area contributed by atoms with Gasteiger partial charge in [-0.3, -0.25) is 4.90 Å². The second kappa shape index (κ2) is 7.72. The average Bonchev–Trinajstić information content (AvgIpc) is 3.17. The van der Waals surface area contributed by atoms with Crippen molar-refractivity contribution in [3.63, 3.8) is 0 Å². The molecule has 7 nitrogen and oxygen atoms in total. The molecule has 3 heterocycles. The molecule has 1 atom stereocenters.